The number of rotatable bonds is 3. The number of nitrogens with one attached hydrogen (secondary N) is 1. The highest BCUT2D eigenvalue weighted by atomic mass is 32.2. The molecule has 1 aliphatic rings. The van der Waals surface area contributed by atoms with E-state index in [1.165, 1.54) is 43.3 Å². The van der Waals surface area contributed by atoms with Crippen molar-refractivity contribution in [2.24, 2.45) is 4.40 Å². The van der Waals surface area contributed by atoms with Gasteiger partial charge in [0.1, 0.15) is 0 Å². The zero-order valence-electron chi connectivity index (χ0n) is 13.3. The van der Waals surface area contributed by atoms with Crippen molar-refractivity contribution >= 4 is 33.1 Å². The van der Waals surface area contributed by atoms with Crippen molar-refractivity contribution in [3.63, 3.8) is 0 Å². The molecule has 2 aromatic rings. The largest absolute Gasteiger partial charge is 0.326 e. The van der Waals surface area contributed by atoms with Crippen LogP contribution < -0.4 is 5.32 Å². The highest BCUT2D eigenvalue weighted by Gasteiger charge is 2.20. The summed E-state index contributed by atoms with van der Waals surface area (Å²) >= 11 is 0. The van der Waals surface area contributed by atoms with Crippen molar-refractivity contribution in [1.82, 2.24) is 0 Å². The first kappa shape index (κ1) is 16.8. The Hall–Kier alpha value is -3.06. The molecule has 0 aliphatic heterocycles. The summed E-state index contributed by atoms with van der Waals surface area (Å²) in [6.07, 6.45) is 2.70. The number of hydrogen-bond acceptors (Lipinski definition) is 4. The molecule has 1 aliphatic carbocycles. The molecule has 1 amide bonds. The third kappa shape index (κ3) is 3.56. The minimum atomic E-state index is -3.95. The van der Waals surface area contributed by atoms with Gasteiger partial charge in [-0.15, -0.1) is 0 Å². The molecule has 6 nitrogen and oxygen atoms in total. The molecular weight excluding hydrogens is 340 g/mol. The molecule has 3 rings (SSSR count). The molecule has 0 saturated carbocycles. The molecule has 0 fully saturated rings. The molecule has 2 aromatic carbocycles. The van der Waals surface area contributed by atoms with Gasteiger partial charge in [-0.1, -0.05) is 24.3 Å². The summed E-state index contributed by atoms with van der Waals surface area (Å²) in [7, 11) is -3.95. The average Bonchev–Trinajstić information content (AvgIpc) is 2.57. The van der Waals surface area contributed by atoms with Crippen LogP contribution in [0.1, 0.15) is 22.8 Å². The van der Waals surface area contributed by atoms with Crippen molar-refractivity contribution in [2.45, 2.75) is 11.8 Å². The van der Waals surface area contributed by atoms with Crippen LogP contribution in [0.5, 0.6) is 0 Å². The molecule has 0 aromatic heterocycles. The number of fused-ring (bicyclic) bond motifs is 1. The lowest BCUT2D eigenvalue weighted by atomic mass is 9.95. The first-order chi connectivity index (χ1) is 11.9. The van der Waals surface area contributed by atoms with Crippen molar-refractivity contribution in [2.75, 3.05) is 5.32 Å². The van der Waals surface area contributed by atoms with Crippen LogP contribution in [-0.4, -0.2) is 25.8 Å². The van der Waals surface area contributed by atoms with E-state index in [2.05, 4.69) is 9.71 Å². The number of carbonyl (C=O) groups excluding carboxylic acids is 2. The maximum Gasteiger partial charge on any atom is 0.282 e. The minimum Gasteiger partial charge on any atom is -0.326 e. The normalized spacial score (nSPS) is 15.1. The molecule has 0 unspecified atom stereocenters. The monoisotopic (exact) mass is 354 g/mol. The molecule has 0 atom stereocenters. The quantitative estimate of drug-likeness (QED) is 0.917. The molecule has 126 valence electrons. The Balaban J connectivity index is 1.98. The van der Waals surface area contributed by atoms with Crippen LogP contribution in [0.25, 0.3) is 0 Å². The number of hydrogen-bond donors (Lipinski definition) is 1. The number of nitrogens with zero attached hydrogens (tertiary/aromatic N) is 1. The van der Waals surface area contributed by atoms with Crippen LogP contribution in [0.4, 0.5) is 5.69 Å². The SMILES string of the molecule is CC(=O)Nc1ccc(S(=O)(=O)/N=C2\C=CC(=O)c3ccccc32)cc1. The van der Waals surface area contributed by atoms with Crippen molar-refractivity contribution in [3.05, 3.63) is 71.8 Å². The van der Waals surface area contributed by atoms with Gasteiger partial charge in [0.15, 0.2) is 5.78 Å². The molecule has 1 N–H and O–H groups in total. The second-order valence-electron chi connectivity index (χ2n) is 5.40. The van der Waals surface area contributed by atoms with Gasteiger partial charge in [-0.2, -0.15) is 12.8 Å². The number of amides is 1. The number of anilines is 1. The topological polar surface area (TPSA) is 92.7 Å². The van der Waals surface area contributed by atoms with E-state index >= 15 is 0 Å². The Morgan fingerprint density at radius 3 is 2.24 bits per heavy atom. The molecule has 0 bridgehead atoms. The van der Waals surface area contributed by atoms with E-state index in [0.29, 0.717) is 16.8 Å². The third-order valence-electron chi connectivity index (χ3n) is 3.55. The lowest BCUT2D eigenvalue weighted by Crippen LogP contribution is -2.14. The Kier molecular flexibility index (Phi) is 4.33. The zero-order valence-corrected chi connectivity index (χ0v) is 14.1. The van der Waals surface area contributed by atoms with E-state index < -0.39 is 10.0 Å². The Morgan fingerprint density at radius 1 is 0.960 bits per heavy atom. The third-order valence-corrected chi connectivity index (χ3v) is 4.86. The van der Waals surface area contributed by atoms with Crippen molar-refractivity contribution in [3.8, 4) is 0 Å². The number of benzene rings is 2. The van der Waals surface area contributed by atoms with Gasteiger partial charge >= 0.3 is 0 Å². The van der Waals surface area contributed by atoms with E-state index in [-0.39, 0.29) is 22.3 Å². The van der Waals surface area contributed by atoms with Gasteiger partial charge in [-0.25, -0.2) is 0 Å². The fourth-order valence-electron chi connectivity index (χ4n) is 2.43. The molecule has 0 radical (unpaired) electrons. The highest BCUT2D eigenvalue weighted by molar-refractivity contribution is 7.90. The maximum atomic E-state index is 12.5. The lowest BCUT2D eigenvalue weighted by Gasteiger charge is -2.11. The van der Waals surface area contributed by atoms with Crippen LogP contribution >= 0.6 is 0 Å². The van der Waals surface area contributed by atoms with Crippen molar-refractivity contribution in [1.29, 1.82) is 0 Å². The highest BCUT2D eigenvalue weighted by Crippen LogP contribution is 2.21. The van der Waals surface area contributed by atoms with Gasteiger partial charge in [0.2, 0.25) is 5.91 Å². The fraction of sp³-hybridized carbons (Fsp3) is 0.0556. The molecule has 0 spiro atoms. The zero-order chi connectivity index (χ0) is 18.0. The van der Waals surface area contributed by atoms with Crippen molar-refractivity contribution < 1.29 is 18.0 Å². The van der Waals surface area contributed by atoms with Crippen LogP contribution in [0.15, 0.2) is 70.0 Å². The van der Waals surface area contributed by atoms with E-state index in [1.807, 2.05) is 0 Å². The second-order valence-corrected chi connectivity index (χ2v) is 7.00. The number of sulfonamides is 1. The standard InChI is InChI=1S/C18H14N2O4S/c1-12(21)19-13-6-8-14(9-7-13)25(23,24)20-17-10-11-18(22)16-5-3-2-4-15(16)17/h2-11H,1H3,(H,19,21)/b20-17+. The van der Waals surface area contributed by atoms with E-state index in [0.717, 1.165) is 0 Å². The summed E-state index contributed by atoms with van der Waals surface area (Å²) in [6, 6.07) is 12.4. The average molecular weight is 354 g/mol. The Morgan fingerprint density at radius 2 is 1.60 bits per heavy atom. The fourth-order valence-corrected chi connectivity index (χ4v) is 3.43. The van der Waals surface area contributed by atoms with Gasteiger partial charge in [0.05, 0.1) is 10.6 Å². The molecule has 25 heavy (non-hydrogen) atoms. The van der Waals surface area contributed by atoms with Gasteiger partial charge in [0, 0.05) is 23.7 Å². The number of ketones is 1. The van der Waals surface area contributed by atoms with Gasteiger partial charge in [-0.3, -0.25) is 9.59 Å². The first-order valence-corrected chi connectivity index (χ1v) is 8.85. The first-order valence-electron chi connectivity index (χ1n) is 7.41. The van der Waals surface area contributed by atoms with Gasteiger partial charge in [-0.05, 0) is 36.4 Å². The van der Waals surface area contributed by atoms with Gasteiger partial charge < -0.3 is 5.32 Å². The number of allylic oxidation sites excluding steroid dienone is 2. The van der Waals surface area contributed by atoms with Crippen LogP contribution in [-0.2, 0) is 14.8 Å². The summed E-state index contributed by atoms with van der Waals surface area (Å²) in [5.41, 5.74) is 1.60. The van der Waals surface area contributed by atoms with Crippen LogP contribution in [0.2, 0.25) is 0 Å². The molecule has 0 heterocycles. The van der Waals surface area contributed by atoms with Gasteiger partial charge in [0.25, 0.3) is 10.0 Å². The van der Waals surface area contributed by atoms with Crippen LogP contribution in [0, 0.1) is 0 Å². The van der Waals surface area contributed by atoms with Crippen LogP contribution in [0.3, 0.4) is 0 Å². The summed E-state index contributed by atoms with van der Waals surface area (Å²) in [5, 5.41) is 2.56. The summed E-state index contributed by atoms with van der Waals surface area (Å²) in [5.74, 6) is -0.434. The van der Waals surface area contributed by atoms with E-state index in [9.17, 15) is 18.0 Å². The predicted octanol–water partition coefficient (Wildman–Crippen LogP) is 2.58. The number of carbonyl (C=O) groups is 2. The molecular formula is C18H14N2O4S. The second kappa shape index (κ2) is 6.45. The Bertz CT molecular complexity index is 1020. The summed E-state index contributed by atoms with van der Waals surface area (Å²) in [4.78, 5) is 22.9. The molecule has 0 saturated heterocycles. The predicted molar refractivity (Wildman–Crippen MR) is 94.4 cm³/mol. The van der Waals surface area contributed by atoms with E-state index in [1.54, 1.807) is 24.3 Å². The Labute approximate surface area is 145 Å². The lowest BCUT2D eigenvalue weighted by molar-refractivity contribution is -0.114. The summed E-state index contributed by atoms with van der Waals surface area (Å²) < 4.78 is 28.9. The maximum absolute atomic E-state index is 12.5. The van der Waals surface area contributed by atoms with E-state index in [4.69, 9.17) is 0 Å². The minimum absolute atomic E-state index is 0.00289. The smallest absolute Gasteiger partial charge is 0.282 e. The summed E-state index contributed by atoms with van der Waals surface area (Å²) in [6.45, 7) is 1.37. The molecule has 7 heteroatoms.